The summed E-state index contributed by atoms with van der Waals surface area (Å²) in [6, 6.07) is 10.2. The highest BCUT2D eigenvalue weighted by Gasteiger charge is 2.60. The fourth-order valence-corrected chi connectivity index (χ4v) is 7.47. The lowest BCUT2D eigenvalue weighted by Crippen LogP contribution is -2.43. The zero-order valence-corrected chi connectivity index (χ0v) is 33.5. The van der Waals surface area contributed by atoms with Crippen molar-refractivity contribution >= 4 is 19.2 Å². The second-order valence-electron chi connectivity index (χ2n) is 14.2. The van der Waals surface area contributed by atoms with Crippen LogP contribution in [0.15, 0.2) is 48.8 Å². The highest BCUT2D eigenvalue weighted by Crippen LogP contribution is 2.53. The van der Waals surface area contributed by atoms with Crippen LogP contribution in [0.3, 0.4) is 0 Å². The number of hydrogen-bond donors (Lipinski definition) is 4. The number of aliphatic hydroxyl groups excluding tert-OH is 2. The summed E-state index contributed by atoms with van der Waals surface area (Å²) in [6.07, 6.45) is 15.8. The number of nitriles is 2. The molecule has 1 aliphatic heterocycles. The van der Waals surface area contributed by atoms with Crippen molar-refractivity contribution < 1.29 is 47.3 Å². The van der Waals surface area contributed by atoms with Gasteiger partial charge in [0.2, 0.25) is 0 Å². The normalized spacial score (nSPS) is 21.1. The van der Waals surface area contributed by atoms with Gasteiger partial charge in [0, 0.05) is 6.61 Å². The summed E-state index contributed by atoms with van der Waals surface area (Å²) in [5, 5.41) is 45.0. The molecule has 6 atom stereocenters. The van der Waals surface area contributed by atoms with Gasteiger partial charge in [-0.1, -0.05) is 76.9 Å². The Bertz CT molecular complexity index is 1850. The van der Waals surface area contributed by atoms with Crippen LogP contribution >= 0.6 is 7.82 Å². The number of nitrogens with zero attached hydrogens (tertiary/aromatic N) is 5. The van der Waals surface area contributed by atoms with E-state index in [-0.39, 0.29) is 30.3 Å². The molecule has 15 nitrogen and oxygen atoms in total. The minimum absolute atomic E-state index is 0.0823. The number of aromatic nitrogens is 3. The van der Waals surface area contributed by atoms with Crippen LogP contribution in [0.4, 0.5) is 10.2 Å². The molecule has 0 amide bonds. The number of unbranched alkanes of at least 4 members (excludes halogenated alkanes) is 12. The van der Waals surface area contributed by atoms with E-state index in [0.717, 1.165) is 57.3 Å². The van der Waals surface area contributed by atoms with Gasteiger partial charge in [-0.15, -0.1) is 0 Å². The average Bonchev–Trinajstić information content (AvgIpc) is 3.73. The number of rotatable bonds is 27. The molecule has 0 spiro atoms. The Morgan fingerprint density at radius 3 is 2.39 bits per heavy atom. The molecule has 1 saturated heterocycles. The van der Waals surface area contributed by atoms with Gasteiger partial charge in [-0.2, -0.15) is 15.6 Å². The Morgan fingerprint density at radius 1 is 1.02 bits per heavy atom. The fourth-order valence-electron chi connectivity index (χ4n) is 6.53. The van der Waals surface area contributed by atoms with Gasteiger partial charge in [0.25, 0.3) is 5.79 Å². The molecule has 312 valence electrons. The summed E-state index contributed by atoms with van der Waals surface area (Å²) in [7, 11) is -5.21. The summed E-state index contributed by atoms with van der Waals surface area (Å²) in [6.45, 7) is 1.76. The standard InChI is InChI=1S/C40H56FN6O9P/c1-2-3-4-5-6-7-8-9-10-11-12-13-14-15-16-17-20-52-26-33(53-25-31-21-30(24-42)22-32(41)23-31)27-54-57(50,51)56-40(28-43)38(49)36(48)37(55-40)34-18-19-35-39(44)45-29-46-47(34)35/h9-10,18-19,21-23,29,33,36-38,48-49H,2-8,11-17,20,25-27H2,1H3,(H,50,51)(H2,44,45,46)/b10-9+/t33-,36+,37+,38+,40-/m1/s1. The average molecular weight is 815 g/mol. The van der Waals surface area contributed by atoms with Crippen LogP contribution < -0.4 is 5.73 Å². The van der Waals surface area contributed by atoms with Gasteiger partial charge >= 0.3 is 7.82 Å². The van der Waals surface area contributed by atoms with Gasteiger partial charge < -0.3 is 35.1 Å². The van der Waals surface area contributed by atoms with Crippen molar-refractivity contribution in [2.24, 2.45) is 0 Å². The van der Waals surface area contributed by atoms with Crippen molar-refractivity contribution in [2.75, 3.05) is 25.6 Å². The number of halogens is 1. The van der Waals surface area contributed by atoms with Crippen LogP contribution in [0.1, 0.15) is 120 Å². The second-order valence-corrected chi connectivity index (χ2v) is 15.6. The van der Waals surface area contributed by atoms with Crippen molar-refractivity contribution in [2.45, 2.75) is 134 Å². The first-order valence-corrected chi connectivity index (χ1v) is 21.3. The van der Waals surface area contributed by atoms with Crippen molar-refractivity contribution in [3.63, 3.8) is 0 Å². The van der Waals surface area contributed by atoms with Gasteiger partial charge in [0.1, 0.15) is 42.0 Å². The van der Waals surface area contributed by atoms with Crippen LogP contribution in [0.25, 0.3) is 5.52 Å². The van der Waals surface area contributed by atoms with Gasteiger partial charge in [0.05, 0.1) is 37.1 Å². The number of benzene rings is 1. The number of fused-ring (bicyclic) bond motifs is 1. The maximum atomic E-state index is 14.1. The fraction of sp³-hybridized carbons (Fsp3) is 0.600. The third kappa shape index (κ3) is 14.2. The molecule has 0 saturated carbocycles. The van der Waals surface area contributed by atoms with E-state index < -0.39 is 50.4 Å². The molecule has 0 bridgehead atoms. The Kier molecular flexibility index (Phi) is 19.0. The van der Waals surface area contributed by atoms with Gasteiger partial charge in [-0.25, -0.2) is 23.0 Å². The third-order valence-electron chi connectivity index (χ3n) is 9.63. The van der Waals surface area contributed by atoms with E-state index in [9.17, 15) is 34.6 Å². The molecule has 1 unspecified atom stereocenters. The summed E-state index contributed by atoms with van der Waals surface area (Å²) in [5.41, 5.74) is 6.82. The van der Waals surface area contributed by atoms with Crippen molar-refractivity contribution in [1.82, 2.24) is 14.6 Å². The number of nitrogens with two attached hydrogens (primary N) is 1. The van der Waals surface area contributed by atoms with Crippen LogP contribution in [-0.2, 0) is 34.4 Å². The zero-order chi connectivity index (χ0) is 41.1. The Hall–Kier alpha value is -3.80. The van der Waals surface area contributed by atoms with Crippen molar-refractivity contribution in [3.8, 4) is 12.1 Å². The number of allylic oxidation sites excluding steroid dienone is 2. The lowest BCUT2D eigenvalue weighted by atomic mass is 10.0. The van der Waals surface area contributed by atoms with E-state index in [1.807, 2.05) is 6.07 Å². The molecule has 0 aliphatic carbocycles. The molecule has 4 rings (SSSR count). The highest BCUT2D eigenvalue weighted by molar-refractivity contribution is 7.47. The monoisotopic (exact) mass is 814 g/mol. The van der Waals surface area contributed by atoms with E-state index in [1.165, 1.54) is 73.7 Å². The van der Waals surface area contributed by atoms with Crippen LogP contribution in [0.5, 0.6) is 0 Å². The topological polar surface area (TPSA) is 228 Å². The summed E-state index contributed by atoms with van der Waals surface area (Å²) < 4.78 is 56.2. The maximum Gasteiger partial charge on any atom is 0.475 e. The molecule has 0 radical (unpaired) electrons. The Labute approximate surface area is 333 Å². The SMILES string of the molecule is CCCCCCCC/C=C/CCCCCCCCOC[C@H](COP(=O)(O)O[C@@]1(C#N)O[C@@H](c2ccc3c(N)ncnn23)[C@H](O)[C@@H]1O)OCc1cc(F)cc(C#N)c1. The number of hydrogen-bond acceptors (Lipinski definition) is 13. The predicted molar refractivity (Wildman–Crippen MR) is 208 cm³/mol. The Balaban J connectivity index is 1.24. The summed E-state index contributed by atoms with van der Waals surface area (Å²) >= 11 is 0. The molecular weight excluding hydrogens is 758 g/mol. The Morgan fingerprint density at radius 2 is 1.70 bits per heavy atom. The number of aliphatic hydroxyl groups is 2. The second kappa shape index (κ2) is 23.6. The third-order valence-corrected chi connectivity index (χ3v) is 10.6. The molecule has 3 aromatic rings. The summed E-state index contributed by atoms with van der Waals surface area (Å²) in [4.78, 5) is 14.6. The van der Waals surface area contributed by atoms with Gasteiger partial charge in [0.15, 0.2) is 11.9 Å². The van der Waals surface area contributed by atoms with E-state index in [1.54, 1.807) is 6.07 Å². The molecule has 17 heteroatoms. The number of anilines is 1. The highest BCUT2D eigenvalue weighted by atomic mass is 31.2. The van der Waals surface area contributed by atoms with Crippen LogP contribution in [0.2, 0.25) is 0 Å². The molecule has 1 aliphatic rings. The van der Waals surface area contributed by atoms with E-state index in [2.05, 4.69) is 29.2 Å². The maximum absolute atomic E-state index is 14.1. The lowest BCUT2D eigenvalue weighted by Gasteiger charge is -2.27. The number of nitrogen functional groups attached to an aromatic ring is 1. The smallest absolute Gasteiger partial charge is 0.387 e. The van der Waals surface area contributed by atoms with Crippen LogP contribution in [-0.4, -0.2) is 73.6 Å². The molecule has 57 heavy (non-hydrogen) atoms. The first-order chi connectivity index (χ1) is 27.5. The quantitative estimate of drug-likeness (QED) is 0.0342. The van der Waals surface area contributed by atoms with E-state index in [4.69, 9.17) is 29.0 Å². The van der Waals surface area contributed by atoms with E-state index >= 15 is 0 Å². The minimum Gasteiger partial charge on any atom is -0.387 e. The van der Waals surface area contributed by atoms with Gasteiger partial charge in [-0.05, 0) is 68.0 Å². The van der Waals surface area contributed by atoms with Crippen molar-refractivity contribution in [1.29, 1.82) is 10.5 Å². The lowest BCUT2D eigenvalue weighted by molar-refractivity contribution is -0.181. The van der Waals surface area contributed by atoms with E-state index in [0.29, 0.717) is 17.7 Å². The summed E-state index contributed by atoms with van der Waals surface area (Å²) in [5.74, 6) is -3.35. The number of phosphoric acid groups is 1. The van der Waals surface area contributed by atoms with Crippen molar-refractivity contribution in [3.05, 3.63) is 71.4 Å². The molecule has 5 N–H and O–H groups in total. The molecule has 3 heterocycles. The molecule has 1 fully saturated rings. The molecule has 2 aromatic heterocycles. The number of phosphoric ester groups is 1. The first kappa shape index (κ1) is 45.9. The largest absolute Gasteiger partial charge is 0.475 e. The molecular formula is C40H56FN6O9P. The van der Waals surface area contributed by atoms with Gasteiger partial charge in [-0.3, -0.25) is 4.52 Å². The number of ether oxygens (including phenoxy) is 3. The van der Waals surface area contributed by atoms with Crippen LogP contribution in [0, 0.1) is 28.5 Å². The minimum atomic E-state index is -5.21. The molecule has 1 aromatic carbocycles. The first-order valence-electron chi connectivity index (χ1n) is 19.8. The predicted octanol–water partition coefficient (Wildman–Crippen LogP) is 7.11. The zero-order valence-electron chi connectivity index (χ0n) is 32.6.